The first-order chi connectivity index (χ1) is 9.13. The molecule has 9 heteroatoms. The molecule has 0 aliphatic carbocycles. The van der Waals surface area contributed by atoms with Crippen molar-refractivity contribution in [3.05, 3.63) is 17.7 Å². The summed E-state index contributed by atoms with van der Waals surface area (Å²) in [6, 6.07) is 0. The Kier molecular flexibility index (Phi) is 5.46. The molecule has 20 heavy (non-hydrogen) atoms. The summed E-state index contributed by atoms with van der Waals surface area (Å²) >= 11 is 0. The van der Waals surface area contributed by atoms with Crippen molar-refractivity contribution in [1.82, 2.24) is 9.55 Å². The van der Waals surface area contributed by atoms with Crippen molar-refractivity contribution in [2.24, 2.45) is 5.16 Å². The van der Waals surface area contributed by atoms with E-state index in [9.17, 15) is 13.2 Å². The second-order valence-electron chi connectivity index (χ2n) is 5.03. The number of oxime groups is 1. The molecule has 1 aromatic heterocycles. The summed E-state index contributed by atoms with van der Waals surface area (Å²) in [5.41, 5.74) is -1.04. The second kappa shape index (κ2) is 6.49. The van der Waals surface area contributed by atoms with Crippen molar-refractivity contribution in [2.75, 3.05) is 31.1 Å². The Morgan fingerprint density at radius 2 is 2.10 bits per heavy atom. The summed E-state index contributed by atoms with van der Waals surface area (Å²) in [6.45, 7) is 0.383. The topological polar surface area (TPSA) is 59.6 Å². The zero-order valence-electron chi connectivity index (χ0n) is 11.5. The zero-order chi connectivity index (χ0) is 15.4. The Labute approximate surface area is 116 Å². The third kappa shape index (κ3) is 5.41. The average molecular weight is 313 g/mol. The van der Waals surface area contributed by atoms with Crippen LogP contribution in [0.2, 0.25) is 0 Å². The number of ether oxygens (including phenoxy) is 1. The maximum atomic E-state index is 12.5. The Hall–Kier alpha value is -1.22. The standard InChI is InChI=1S/C11H18F3N3O2S/c1-20(2,3)5-4-19-8-17-7-9(11(12,13)14)16-10(17)6-15-18/h6-7,18H,4-5,8H2,1-3H3/b15-6+. The van der Waals surface area contributed by atoms with Gasteiger partial charge in [-0.2, -0.15) is 13.2 Å². The van der Waals surface area contributed by atoms with E-state index in [4.69, 9.17) is 9.94 Å². The number of aromatic nitrogens is 2. The van der Waals surface area contributed by atoms with E-state index in [1.165, 1.54) is 0 Å². The van der Waals surface area contributed by atoms with Gasteiger partial charge >= 0.3 is 6.18 Å². The van der Waals surface area contributed by atoms with Crippen molar-refractivity contribution < 1.29 is 23.1 Å². The number of imidazole rings is 1. The third-order valence-electron chi connectivity index (χ3n) is 2.34. The van der Waals surface area contributed by atoms with Crippen LogP contribution in [0.5, 0.6) is 0 Å². The molecule has 5 nitrogen and oxygen atoms in total. The minimum atomic E-state index is -4.54. The summed E-state index contributed by atoms with van der Waals surface area (Å²) in [5, 5.41) is 11.1. The van der Waals surface area contributed by atoms with E-state index in [1.807, 2.05) is 0 Å². The number of rotatable bonds is 6. The molecule has 0 fully saturated rings. The fourth-order valence-electron chi connectivity index (χ4n) is 1.30. The quantitative estimate of drug-likeness (QED) is 0.380. The van der Waals surface area contributed by atoms with Crippen LogP contribution in [-0.2, 0) is 17.6 Å². The molecular formula is C11H18F3N3O2S. The predicted molar refractivity (Wildman–Crippen MR) is 72.8 cm³/mol. The second-order valence-corrected chi connectivity index (χ2v) is 9.62. The van der Waals surface area contributed by atoms with Crippen LogP contribution >= 0.6 is 10.0 Å². The summed E-state index contributed by atoms with van der Waals surface area (Å²) in [4.78, 5) is 3.35. The fraction of sp³-hybridized carbons (Fsp3) is 0.636. The van der Waals surface area contributed by atoms with Crippen molar-refractivity contribution in [3.8, 4) is 0 Å². The Bertz CT molecular complexity index is 466. The van der Waals surface area contributed by atoms with Crippen LogP contribution in [0.25, 0.3) is 0 Å². The minimum Gasteiger partial charge on any atom is -0.411 e. The summed E-state index contributed by atoms with van der Waals surface area (Å²) in [7, 11) is -0.713. The van der Waals surface area contributed by atoms with Gasteiger partial charge in [0.1, 0.15) is 12.9 Å². The number of alkyl halides is 3. The number of hydrogen-bond donors (Lipinski definition) is 1. The highest BCUT2D eigenvalue weighted by atomic mass is 32.3. The molecule has 0 amide bonds. The number of hydrogen-bond acceptors (Lipinski definition) is 4. The molecule has 0 aliphatic rings. The van der Waals surface area contributed by atoms with Gasteiger partial charge in [-0.05, 0) is 18.8 Å². The maximum Gasteiger partial charge on any atom is 0.434 e. The average Bonchev–Trinajstić information content (AvgIpc) is 2.67. The van der Waals surface area contributed by atoms with Gasteiger partial charge in [-0.15, -0.1) is 0 Å². The lowest BCUT2D eigenvalue weighted by atomic mass is 10.5. The number of nitrogens with zero attached hydrogens (tertiary/aromatic N) is 3. The van der Waals surface area contributed by atoms with Gasteiger partial charge in [0.2, 0.25) is 0 Å². The molecule has 116 valence electrons. The molecule has 0 unspecified atom stereocenters. The molecule has 0 radical (unpaired) electrons. The van der Waals surface area contributed by atoms with Crippen molar-refractivity contribution in [3.63, 3.8) is 0 Å². The highest BCUT2D eigenvalue weighted by Crippen LogP contribution is 2.33. The molecule has 1 rings (SSSR count). The van der Waals surface area contributed by atoms with Gasteiger partial charge in [0.05, 0.1) is 6.61 Å². The van der Waals surface area contributed by atoms with E-state index in [0.29, 0.717) is 6.61 Å². The van der Waals surface area contributed by atoms with E-state index in [-0.39, 0.29) is 12.6 Å². The van der Waals surface area contributed by atoms with Gasteiger partial charge in [-0.25, -0.2) is 15.0 Å². The molecule has 1 heterocycles. The highest BCUT2D eigenvalue weighted by Gasteiger charge is 2.34. The number of halogens is 3. The van der Waals surface area contributed by atoms with Crippen molar-refractivity contribution >= 4 is 16.2 Å². The third-order valence-corrected chi connectivity index (χ3v) is 3.73. The molecule has 0 aliphatic heterocycles. The zero-order valence-corrected chi connectivity index (χ0v) is 12.3. The molecule has 1 aromatic rings. The van der Waals surface area contributed by atoms with Crippen molar-refractivity contribution in [1.29, 1.82) is 0 Å². The van der Waals surface area contributed by atoms with Gasteiger partial charge < -0.3 is 14.5 Å². The fourth-order valence-corrected chi connectivity index (χ4v) is 1.91. The molecule has 1 N–H and O–H groups in total. The normalized spacial score (nSPS) is 14.1. The largest absolute Gasteiger partial charge is 0.434 e. The monoisotopic (exact) mass is 313 g/mol. The van der Waals surface area contributed by atoms with E-state index in [1.54, 1.807) is 0 Å². The van der Waals surface area contributed by atoms with E-state index < -0.39 is 21.9 Å². The van der Waals surface area contributed by atoms with E-state index in [0.717, 1.165) is 22.7 Å². The first-order valence-electron chi connectivity index (χ1n) is 5.69. The van der Waals surface area contributed by atoms with Crippen LogP contribution < -0.4 is 0 Å². The first kappa shape index (κ1) is 16.8. The van der Waals surface area contributed by atoms with Crippen LogP contribution in [0.4, 0.5) is 13.2 Å². The molecule has 0 saturated carbocycles. The molecular weight excluding hydrogens is 295 g/mol. The van der Waals surface area contributed by atoms with Gasteiger partial charge in [0.15, 0.2) is 11.5 Å². The molecule has 0 bridgehead atoms. The van der Waals surface area contributed by atoms with Gasteiger partial charge in [0.25, 0.3) is 0 Å². The Balaban J connectivity index is 2.71. The summed E-state index contributed by atoms with van der Waals surface area (Å²) < 4.78 is 44.1. The van der Waals surface area contributed by atoms with Crippen LogP contribution in [0.1, 0.15) is 11.5 Å². The lowest BCUT2D eigenvalue weighted by molar-refractivity contribution is -0.141. The smallest absolute Gasteiger partial charge is 0.411 e. The van der Waals surface area contributed by atoms with Gasteiger partial charge in [-0.3, -0.25) is 0 Å². The lowest BCUT2D eigenvalue weighted by Crippen LogP contribution is -2.11. The van der Waals surface area contributed by atoms with Crippen molar-refractivity contribution in [2.45, 2.75) is 12.9 Å². The molecule has 0 atom stereocenters. The lowest BCUT2D eigenvalue weighted by Gasteiger charge is -2.24. The predicted octanol–water partition coefficient (Wildman–Crippen LogP) is 2.38. The van der Waals surface area contributed by atoms with E-state index in [2.05, 4.69) is 28.9 Å². The maximum absolute atomic E-state index is 12.5. The Morgan fingerprint density at radius 1 is 1.45 bits per heavy atom. The summed E-state index contributed by atoms with van der Waals surface area (Å²) in [5.74, 6) is 0.750. The van der Waals surface area contributed by atoms with E-state index >= 15 is 0 Å². The Morgan fingerprint density at radius 3 is 2.60 bits per heavy atom. The molecule has 0 spiro atoms. The minimum absolute atomic E-state index is 0.0695. The summed E-state index contributed by atoms with van der Waals surface area (Å²) in [6.07, 6.45) is 3.50. The highest BCUT2D eigenvalue weighted by molar-refractivity contribution is 8.32. The SMILES string of the molecule is CS(C)(C)CCOCn1cc(C(F)(F)F)nc1/C=N/O. The van der Waals surface area contributed by atoms with Crippen LogP contribution in [0.15, 0.2) is 11.4 Å². The first-order valence-corrected chi connectivity index (χ1v) is 8.72. The van der Waals surface area contributed by atoms with Crippen LogP contribution in [-0.4, -0.2) is 52.1 Å². The molecule has 0 saturated heterocycles. The van der Waals surface area contributed by atoms with Crippen LogP contribution in [0.3, 0.4) is 0 Å². The molecule has 0 aromatic carbocycles. The van der Waals surface area contributed by atoms with Gasteiger partial charge in [-0.1, -0.05) is 5.16 Å². The van der Waals surface area contributed by atoms with Gasteiger partial charge in [0, 0.05) is 11.9 Å². The van der Waals surface area contributed by atoms with Crippen LogP contribution in [0, 0.1) is 0 Å².